The molecule has 0 aliphatic rings. The van der Waals surface area contributed by atoms with E-state index < -0.39 is 22.8 Å². The summed E-state index contributed by atoms with van der Waals surface area (Å²) in [6.45, 7) is 0. The molecule has 0 radical (unpaired) electrons. The number of halogens is 5. The van der Waals surface area contributed by atoms with Crippen molar-refractivity contribution in [1.29, 1.82) is 0 Å². The van der Waals surface area contributed by atoms with Crippen LogP contribution in [-0.4, -0.2) is 6.03 Å². The number of hydrogen-bond donors (Lipinski definition) is 2. The van der Waals surface area contributed by atoms with Crippen LogP contribution in [0.3, 0.4) is 0 Å². The monoisotopic (exact) mass is 348 g/mol. The van der Waals surface area contributed by atoms with Gasteiger partial charge in [-0.2, -0.15) is 13.2 Å². The Morgan fingerprint density at radius 3 is 2.18 bits per heavy atom. The number of carbonyl (C=O) groups is 1. The second kappa shape index (κ2) is 6.46. The zero-order valence-corrected chi connectivity index (χ0v) is 12.4. The summed E-state index contributed by atoms with van der Waals surface area (Å²) in [6.07, 6.45) is -4.60. The number of alkyl halides is 3. The summed E-state index contributed by atoms with van der Waals surface area (Å²) in [6, 6.07) is 8.76. The van der Waals surface area contributed by atoms with E-state index in [1.165, 1.54) is 12.1 Å². The molecule has 0 fully saturated rings. The Balaban J connectivity index is 2.12. The van der Waals surface area contributed by atoms with Gasteiger partial charge in [-0.3, -0.25) is 0 Å². The summed E-state index contributed by atoms with van der Waals surface area (Å²) in [5.41, 5.74) is -0.638. The smallest absolute Gasteiger partial charge is 0.308 e. The van der Waals surface area contributed by atoms with Crippen molar-refractivity contribution in [1.82, 2.24) is 0 Å². The molecule has 0 aliphatic carbocycles. The first-order chi connectivity index (χ1) is 10.3. The van der Waals surface area contributed by atoms with E-state index in [1.807, 2.05) is 0 Å². The Bertz CT molecular complexity index is 705. The molecule has 2 rings (SSSR count). The molecular formula is C14H9Cl2F3N2O. The number of carbonyl (C=O) groups excluding carboxylic acids is 1. The lowest BCUT2D eigenvalue weighted by molar-refractivity contribution is -0.137. The Hall–Kier alpha value is -1.92. The van der Waals surface area contributed by atoms with Crippen molar-refractivity contribution in [2.45, 2.75) is 6.18 Å². The van der Waals surface area contributed by atoms with Gasteiger partial charge in [-0.25, -0.2) is 4.79 Å². The fraction of sp³-hybridized carbons (Fsp3) is 0.0714. The van der Waals surface area contributed by atoms with E-state index in [4.69, 9.17) is 23.2 Å². The standard InChI is InChI=1S/C14H9Cl2F3N2O/c15-8-2-1-3-9(6-8)20-13(22)21-10-4-5-12(16)11(7-10)14(17,18)19/h1-7H,(H2,20,21,22). The molecule has 0 unspecified atom stereocenters. The highest BCUT2D eigenvalue weighted by Crippen LogP contribution is 2.36. The number of rotatable bonds is 2. The quantitative estimate of drug-likeness (QED) is 0.722. The molecule has 0 spiro atoms. The largest absolute Gasteiger partial charge is 0.417 e. The molecular weight excluding hydrogens is 340 g/mol. The van der Waals surface area contributed by atoms with E-state index in [9.17, 15) is 18.0 Å². The van der Waals surface area contributed by atoms with Gasteiger partial charge in [0.15, 0.2) is 0 Å². The number of hydrogen-bond acceptors (Lipinski definition) is 1. The molecule has 2 N–H and O–H groups in total. The molecule has 116 valence electrons. The molecule has 0 saturated carbocycles. The van der Waals surface area contributed by atoms with Crippen LogP contribution in [0.2, 0.25) is 10.0 Å². The second-order valence-electron chi connectivity index (χ2n) is 4.28. The highest BCUT2D eigenvalue weighted by molar-refractivity contribution is 6.31. The van der Waals surface area contributed by atoms with Gasteiger partial charge in [-0.15, -0.1) is 0 Å². The summed E-state index contributed by atoms with van der Waals surface area (Å²) < 4.78 is 38.2. The lowest BCUT2D eigenvalue weighted by Crippen LogP contribution is -2.19. The van der Waals surface area contributed by atoms with Crippen molar-refractivity contribution < 1.29 is 18.0 Å². The first-order valence-corrected chi connectivity index (χ1v) is 6.71. The molecule has 0 bridgehead atoms. The summed E-state index contributed by atoms with van der Waals surface area (Å²) in [5, 5.41) is 4.74. The molecule has 0 atom stereocenters. The molecule has 2 amide bonds. The van der Waals surface area contributed by atoms with Crippen molar-refractivity contribution in [3.8, 4) is 0 Å². The summed E-state index contributed by atoms with van der Waals surface area (Å²) in [5.74, 6) is 0. The average Bonchev–Trinajstić information content (AvgIpc) is 2.39. The fourth-order valence-corrected chi connectivity index (χ4v) is 2.09. The van der Waals surface area contributed by atoms with Crippen LogP contribution in [0.25, 0.3) is 0 Å². The minimum absolute atomic E-state index is 0.0312. The van der Waals surface area contributed by atoms with E-state index in [1.54, 1.807) is 18.2 Å². The minimum atomic E-state index is -4.60. The number of anilines is 2. The van der Waals surface area contributed by atoms with E-state index >= 15 is 0 Å². The Morgan fingerprint density at radius 2 is 1.59 bits per heavy atom. The molecule has 22 heavy (non-hydrogen) atoms. The van der Waals surface area contributed by atoms with Crippen molar-refractivity contribution >= 4 is 40.6 Å². The van der Waals surface area contributed by atoms with Crippen molar-refractivity contribution in [2.75, 3.05) is 10.6 Å². The maximum absolute atomic E-state index is 12.7. The van der Waals surface area contributed by atoms with Crippen molar-refractivity contribution in [2.24, 2.45) is 0 Å². The predicted molar refractivity (Wildman–Crippen MR) is 80.5 cm³/mol. The SMILES string of the molecule is O=C(Nc1cccc(Cl)c1)Nc1ccc(Cl)c(C(F)(F)F)c1. The van der Waals surface area contributed by atoms with Gasteiger partial charge in [0.25, 0.3) is 0 Å². The normalized spacial score (nSPS) is 11.1. The third kappa shape index (κ3) is 4.29. The van der Waals surface area contributed by atoms with Gasteiger partial charge >= 0.3 is 12.2 Å². The number of amides is 2. The number of urea groups is 1. The minimum Gasteiger partial charge on any atom is -0.308 e. The summed E-state index contributed by atoms with van der Waals surface area (Å²) in [7, 11) is 0. The van der Waals surface area contributed by atoms with E-state index in [2.05, 4.69) is 10.6 Å². The predicted octanol–water partition coefficient (Wildman–Crippen LogP) is 5.66. The van der Waals surface area contributed by atoms with E-state index in [0.29, 0.717) is 10.7 Å². The molecule has 0 aromatic heterocycles. The van der Waals surface area contributed by atoms with Gasteiger partial charge in [0.1, 0.15) is 0 Å². The maximum Gasteiger partial charge on any atom is 0.417 e. The van der Waals surface area contributed by atoms with Gasteiger partial charge < -0.3 is 10.6 Å². The second-order valence-corrected chi connectivity index (χ2v) is 5.13. The summed E-state index contributed by atoms with van der Waals surface area (Å²) >= 11 is 11.3. The molecule has 8 heteroatoms. The molecule has 0 saturated heterocycles. The number of benzene rings is 2. The van der Waals surface area contributed by atoms with Gasteiger partial charge in [0, 0.05) is 16.4 Å². The molecule has 2 aromatic carbocycles. The van der Waals surface area contributed by atoms with Gasteiger partial charge in [0.2, 0.25) is 0 Å². The Kier molecular flexibility index (Phi) is 4.83. The van der Waals surface area contributed by atoms with Gasteiger partial charge in [0.05, 0.1) is 10.6 Å². The van der Waals surface area contributed by atoms with E-state index in [-0.39, 0.29) is 5.69 Å². The van der Waals surface area contributed by atoms with E-state index in [0.717, 1.165) is 12.1 Å². The highest BCUT2D eigenvalue weighted by Gasteiger charge is 2.33. The third-order valence-electron chi connectivity index (χ3n) is 2.61. The zero-order valence-electron chi connectivity index (χ0n) is 10.8. The van der Waals surface area contributed by atoms with Crippen LogP contribution in [-0.2, 0) is 6.18 Å². The number of nitrogens with one attached hydrogen (secondary N) is 2. The van der Waals surface area contributed by atoms with Crippen molar-refractivity contribution in [3.63, 3.8) is 0 Å². The topological polar surface area (TPSA) is 41.1 Å². The van der Waals surface area contributed by atoms with Crippen LogP contribution in [0.1, 0.15) is 5.56 Å². The summed E-state index contributed by atoms with van der Waals surface area (Å²) in [4.78, 5) is 11.8. The molecule has 3 nitrogen and oxygen atoms in total. The van der Waals surface area contributed by atoms with Crippen LogP contribution in [0, 0.1) is 0 Å². The first-order valence-electron chi connectivity index (χ1n) is 5.96. The molecule has 2 aromatic rings. The average molecular weight is 349 g/mol. The van der Waals surface area contributed by atoms with Gasteiger partial charge in [-0.05, 0) is 36.4 Å². The van der Waals surface area contributed by atoms with Crippen LogP contribution < -0.4 is 10.6 Å². The van der Waals surface area contributed by atoms with Gasteiger partial charge in [-0.1, -0.05) is 29.3 Å². The fourth-order valence-electron chi connectivity index (χ4n) is 1.68. The molecule has 0 aliphatic heterocycles. The van der Waals surface area contributed by atoms with Crippen LogP contribution >= 0.6 is 23.2 Å². The lowest BCUT2D eigenvalue weighted by Gasteiger charge is -2.12. The first kappa shape index (κ1) is 16.5. The van der Waals surface area contributed by atoms with Crippen LogP contribution in [0.5, 0.6) is 0 Å². The Morgan fingerprint density at radius 1 is 0.955 bits per heavy atom. The Labute approximate surface area is 134 Å². The highest BCUT2D eigenvalue weighted by atomic mass is 35.5. The van der Waals surface area contributed by atoms with Crippen LogP contribution in [0.4, 0.5) is 29.3 Å². The third-order valence-corrected chi connectivity index (χ3v) is 3.18. The maximum atomic E-state index is 12.7. The van der Waals surface area contributed by atoms with Crippen molar-refractivity contribution in [3.05, 3.63) is 58.1 Å². The zero-order chi connectivity index (χ0) is 16.3. The van der Waals surface area contributed by atoms with Crippen LogP contribution in [0.15, 0.2) is 42.5 Å². The lowest BCUT2D eigenvalue weighted by atomic mass is 10.2. The molecule has 0 heterocycles.